The Morgan fingerprint density at radius 2 is 1.94 bits per heavy atom. The van der Waals surface area contributed by atoms with Gasteiger partial charge in [-0.2, -0.15) is 13.2 Å². The second-order valence-electron chi connectivity index (χ2n) is 4.70. The smallest absolute Gasteiger partial charge is 0.391 e. The van der Waals surface area contributed by atoms with Crippen LogP contribution in [0.3, 0.4) is 0 Å². The number of rotatable bonds is 4. The van der Waals surface area contributed by atoms with Gasteiger partial charge in [0.05, 0.1) is 12.3 Å². The van der Waals surface area contributed by atoms with Crippen LogP contribution in [0.5, 0.6) is 0 Å². The Hall–Kier alpha value is -0.780. The number of carboxylic acid groups (broad SMARTS) is 1. The molecule has 3 nitrogen and oxygen atoms in total. The molecule has 1 aliphatic carbocycles. The van der Waals surface area contributed by atoms with Crippen molar-refractivity contribution in [3.63, 3.8) is 0 Å². The van der Waals surface area contributed by atoms with E-state index in [0.29, 0.717) is 6.54 Å². The van der Waals surface area contributed by atoms with Crippen molar-refractivity contribution in [2.24, 2.45) is 5.92 Å². The van der Waals surface area contributed by atoms with Gasteiger partial charge in [0.2, 0.25) is 0 Å². The van der Waals surface area contributed by atoms with Crippen LogP contribution in [0.2, 0.25) is 0 Å². The van der Waals surface area contributed by atoms with Crippen LogP contribution in [-0.4, -0.2) is 29.3 Å². The van der Waals surface area contributed by atoms with Gasteiger partial charge in [0.1, 0.15) is 0 Å². The lowest BCUT2D eigenvalue weighted by Gasteiger charge is -2.40. The molecule has 0 spiro atoms. The zero-order chi connectivity index (χ0) is 13.1. The van der Waals surface area contributed by atoms with Crippen LogP contribution in [0.25, 0.3) is 0 Å². The highest BCUT2D eigenvalue weighted by Crippen LogP contribution is 2.42. The first kappa shape index (κ1) is 14.3. The summed E-state index contributed by atoms with van der Waals surface area (Å²) >= 11 is 0. The highest BCUT2D eigenvalue weighted by Gasteiger charge is 2.46. The molecule has 2 N–H and O–H groups in total. The molecule has 1 fully saturated rings. The first-order valence-corrected chi connectivity index (χ1v) is 5.82. The lowest BCUT2D eigenvalue weighted by Crippen LogP contribution is -2.50. The van der Waals surface area contributed by atoms with Crippen LogP contribution in [0.1, 0.15) is 39.0 Å². The molecule has 0 unspecified atom stereocenters. The van der Waals surface area contributed by atoms with E-state index >= 15 is 0 Å². The van der Waals surface area contributed by atoms with Crippen LogP contribution in [0, 0.1) is 5.92 Å². The molecule has 6 heteroatoms. The average Bonchev–Trinajstić information content (AvgIpc) is 2.15. The first-order chi connectivity index (χ1) is 7.79. The van der Waals surface area contributed by atoms with Crippen molar-refractivity contribution >= 4 is 5.97 Å². The summed E-state index contributed by atoms with van der Waals surface area (Å²) in [6, 6.07) is 0. The predicted molar refractivity (Wildman–Crippen MR) is 56.7 cm³/mol. The Morgan fingerprint density at radius 1 is 1.41 bits per heavy atom. The first-order valence-electron chi connectivity index (χ1n) is 5.82. The minimum Gasteiger partial charge on any atom is -0.481 e. The van der Waals surface area contributed by atoms with Gasteiger partial charge in [-0.05, 0) is 32.2 Å². The summed E-state index contributed by atoms with van der Waals surface area (Å²) in [6.45, 7) is 2.41. The maximum Gasteiger partial charge on any atom is 0.391 e. The molecule has 0 aromatic heterocycles. The van der Waals surface area contributed by atoms with Crippen LogP contribution < -0.4 is 5.32 Å². The normalized spacial score (nSPS) is 30.2. The van der Waals surface area contributed by atoms with Gasteiger partial charge in [-0.1, -0.05) is 6.92 Å². The standard InChI is InChI=1S/C11H18F3NO2/c1-2-15-10(7-9(16)17)5-3-8(4-6-10)11(12,13)14/h8,15H,2-7H2,1H3,(H,16,17). The summed E-state index contributed by atoms with van der Waals surface area (Å²) in [5.74, 6) is -2.24. The molecular weight excluding hydrogens is 235 g/mol. The Morgan fingerprint density at radius 3 is 2.29 bits per heavy atom. The Kier molecular flexibility index (Phi) is 4.41. The van der Waals surface area contributed by atoms with Gasteiger partial charge in [0.15, 0.2) is 0 Å². The molecule has 0 amide bonds. The van der Waals surface area contributed by atoms with Gasteiger partial charge < -0.3 is 10.4 Å². The van der Waals surface area contributed by atoms with Crippen molar-refractivity contribution in [3.05, 3.63) is 0 Å². The minimum absolute atomic E-state index is 0.0176. The molecule has 100 valence electrons. The van der Waals surface area contributed by atoms with E-state index in [4.69, 9.17) is 5.11 Å². The molecule has 0 atom stereocenters. The van der Waals surface area contributed by atoms with Crippen molar-refractivity contribution in [1.82, 2.24) is 5.32 Å². The Bertz CT molecular complexity index is 270. The summed E-state index contributed by atoms with van der Waals surface area (Å²) in [7, 11) is 0. The Labute approximate surface area is 98.4 Å². The van der Waals surface area contributed by atoms with Gasteiger partial charge in [0, 0.05) is 5.54 Å². The number of alkyl halides is 3. The summed E-state index contributed by atoms with van der Waals surface area (Å²) in [6.07, 6.45) is -3.67. The van der Waals surface area contributed by atoms with Gasteiger partial charge in [0.25, 0.3) is 0 Å². The van der Waals surface area contributed by atoms with E-state index in [1.165, 1.54) is 0 Å². The van der Waals surface area contributed by atoms with E-state index < -0.39 is 23.6 Å². The molecule has 0 bridgehead atoms. The van der Waals surface area contributed by atoms with Crippen LogP contribution in [-0.2, 0) is 4.79 Å². The molecule has 0 aromatic rings. The van der Waals surface area contributed by atoms with E-state index in [0.717, 1.165) is 0 Å². The van der Waals surface area contributed by atoms with E-state index in [-0.39, 0.29) is 32.1 Å². The molecule has 17 heavy (non-hydrogen) atoms. The zero-order valence-electron chi connectivity index (χ0n) is 9.81. The summed E-state index contributed by atoms with van der Waals surface area (Å²) < 4.78 is 37.5. The summed E-state index contributed by atoms with van der Waals surface area (Å²) in [5, 5.41) is 11.9. The maximum absolute atomic E-state index is 12.5. The number of hydrogen-bond acceptors (Lipinski definition) is 2. The predicted octanol–water partition coefficient (Wildman–Crippen LogP) is 2.56. The number of halogens is 3. The molecule has 0 aliphatic heterocycles. The van der Waals surface area contributed by atoms with E-state index in [1.54, 1.807) is 0 Å². The van der Waals surface area contributed by atoms with Gasteiger partial charge >= 0.3 is 12.1 Å². The number of aliphatic carboxylic acids is 1. The van der Waals surface area contributed by atoms with Crippen molar-refractivity contribution in [1.29, 1.82) is 0 Å². The third kappa shape index (κ3) is 3.87. The molecule has 0 heterocycles. The van der Waals surface area contributed by atoms with Crippen molar-refractivity contribution < 1.29 is 23.1 Å². The second kappa shape index (κ2) is 5.25. The van der Waals surface area contributed by atoms with Crippen LogP contribution >= 0.6 is 0 Å². The molecule has 0 radical (unpaired) electrons. The molecule has 1 aliphatic rings. The lowest BCUT2D eigenvalue weighted by atomic mass is 9.74. The third-order valence-corrected chi connectivity index (χ3v) is 3.45. The van der Waals surface area contributed by atoms with Gasteiger partial charge in [-0.15, -0.1) is 0 Å². The monoisotopic (exact) mass is 253 g/mol. The Balaban J connectivity index is 2.64. The third-order valence-electron chi connectivity index (χ3n) is 3.45. The van der Waals surface area contributed by atoms with Gasteiger partial charge in [-0.25, -0.2) is 0 Å². The number of carboxylic acids is 1. The molecule has 0 saturated heterocycles. The summed E-state index contributed by atoms with van der Waals surface area (Å²) in [5.41, 5.74) is -0.650. The molecule has 0 aromatic carbocycles. The van der Waals surface area contributed by atoms with Crippen molar-refractivity contribution in [2.75, 3.05) is 6.54 Å². The van der Waals surface area contributed by atoms with Crippen LogP contribution in [0.4, 0.5) is 13.2 Å². The topological polar surface area (TPSA) is 49.3 Å². The van der Waals surface area contributed by atoms with Crippen molar-refractivity contribution in [3.8, 4) is 0 Å². The molecule has 1 rings (SSSR count). The van der Waals surface area contributed by atoms with E-state index in [2.05, 4.69) is 5.32 Å². The minimum atomic E-state index is -4.15. The largest absolute Gasteiger partial charge is 0.481 e. The number of carbonyl (C=O) groups is 1. The highest BCUT2D eigenvalue weighted by atomic mass is 19.4. The number of hydrogen-bond donors (Lipinski definition) is 2. The molecule has 1 saturated carbocycles. The maximum atomic E-state index is 12.5. The van der Waals surface area contributed by atoms with E-state index in [1.807, 2.05) is 6.92 Å². The fraction of sp³-hybridized carbons (Fsp3) is 0.909. The average molecular weight is 253 g/mol. The lowest BCUT2D eigenvalue weighted by molar-refractivity contribution is -0.185. The fourth-order valence-corrected chi connectivity index (χ4v) is 2.58. The van der Waals surface area contributed by atoms with Crippen molar-refractivity contribution in [2.45, 2.75) is 50.7 Å². The molecular formula is C11H18F3NO2. The zero-order valence-corrected chi connectivity index (χ0v) is 9.81. The van der Waals surface area contributed by atoms with Gasteiger partial charge in [-0.3, -0.25) is 4.79 Å². The SMILES string of the molecule is CCNC1(CC(=O)O)CCC(C(F)(F)F)CC1. The van der Waals surface area contributed by atoms with Crippen LogP contribution in [0.15, 0.2) is 0 Å². The van der Waals surface area contributed by atoms with E-state index in [9.17, 15) is 18.0 Å². The number of nitrogens with one attached hydrogen (secondary N) is 1. The quantitative estimate of drug-likeness (QED) is 0.809. The highest BCUT2D eigenvalue weighted by molar-refractivity contribution is 5.68. The summed E-state index contributed by atoms with van der Waals surface area (Å²) in [4.78, 5) is 10.8. The second-order valence-corrected chi connectivity index (χ2v) is 4.70. The fourth-order valence-electron chi connectivity index (χ4n) is 2.58.